The Balaban J connectivity index is 2.84. The van der Waals surface area contributed by atoms with Crippen LogP contribution in [0.25, 0.3) is 0 Å². The molecule has 0 spiro atoms. The van der Waals surface area contributed by atoms with Crippen molar-refractivity contribution < 1.29 is 14.3 Å². The summed E-state index contributed by atoms with van der Waals surface area (Å²) in [7, 11) is 0. The third kappa shape index (κ3) is 3.87. The van der Waals surface area contributed by atoms with Gasteiger partial charge in [-0.2, -0.15) is 0 Å². The zero-order valence-corrected chi connectivity index (χ0v) is 11.2. The van der Waals surface area contributed by atoms with Gasteiger partial charge in [-0.1, -0.05) is 30.3 Å². The van der Waals surface area contributed by atoms with E-state index in [1.165, 1.54) is 0 Å². The van der Waals surface area contributed by atoms with Crippen LogP contribution in [0.4, 0.5) is 4.79 Å². The Labute approximate surface area is 108 Å². The van der Waals surface area contributed by atoms with Gasteiger partial charge >= 0.3 is 6.09 Å². The lowest BCUT2D eigenvalue weighted by Crippen LogP contribution is -2.37. The minimum Gasteiger partial charge on any atom is -0.443 e. The second-order valence-corrected chi connectivity index (χ2v) is 5.08. The molecule has 0 aliphatic heterocycles. The molecule has 1 unspecified atom stereocenters. The lowest BCUT2D eigenvalue weighted by Gasteiger charge is -2.27. The number of ether oxygens (including phenoxy) is 1. The van der Waals surface area contributed by atoms with Crippen LogP contribution >= 0.6 is 0 Å². The number of imide groups is 1. The molecule has 0 aromatic heterocycles. The summed E-state index contributed by atoms with van der Waals surface area (Å²) in [5.74, 6) is 0. The Morgan fingerprint density at radius 1 is 1.28 bits per heavy atom. The van der Waals surface area contributed by atoms with E-state index in [9.17, 15) is 9.59 Å². The summed E-state index contributed by atoms with van der Waals surface area (Å²) < 4.78 is 5.19. The van der Waals surface area contributed by atoms with Gasteiger partial charge in [-0.3, -0.25) is 4.79 Å². The third-order valence-electron chi connectivity index (χ3n) is 2.42. The van der Waals surface area contributed by atoms with Gasteiger partial charge in [0, 0.05) is 0 Å². The molecule has 0 bridgehead atoms. The van der Waals surface area contributed by atoms with E-state index < -0.39 is 11.7 Å². The first-order chi connectivity index (χ1) is 8.35. The molecule has 0 heterocycles. The van der Waals surface area contributed by atoms with Gasteiger partial charge in [-0.25, -0.2) is 9.69 Å². The minimum absolute atomic E-state index is 0.349. The molecule has 0 N–H and O–H groups in total. The summed E-state index contributed by atoms with van der Waals surface area (Å²) in [4.78, 5) is 24.0. The number of nitrogens with zero attached hydrogens (tertiary/aromatic N) is 1. The van der Waals surface area contributed by atoms with Gasteiger partial charge in [-0.15, -0.1) is 0 Å². The van der Waals surface area contributed by atoms with Crippen molar-refractivity contribution in [3.8, 4) is 0 Å². The van der Waals surface area contributed by atoms with Crippen molar-refractivity contribution in [3.63, 3.8) is 0 Å². The smallest absolute Gasteiger partial charge is 0.417 e. The van der Waals surface area contributed by atoms with Crippen molar-refractivity contribution in [1.82, 2.24) is 4.90 Å². The average Bonchev–Trinajstić information content (AvgIpc) is 2.28. The van der Waals surface area contributed by atoms with Gasteiger partial charge in [0.2, 0.25) is 6.41 Å². The van der Waals surface area contributed by atoms with Crippen LogP contribution in [0.15, 0.2) is 30.3 Å². The molecule has 0 aliphatic rings. The van der Waals surface area contributed by atoms with Crippen LogP contribution in [0.2, 0.25) is 0 Å². The van der Waals surface area contributed by atoms with E-state index in [0.29, 0.717) is 6.41 Å². The minimum atomic E-state index is -0.631. The lowest BCUT2D eigenvalue weighted by molar-refractivity contribution is -0.119. The fourth-order valence-corrected chi connectivity index (χ4v) is 1.50. The molecule has 4 heteroatoms. The summed E-state index contributed by atoms with van der Waals surface area (Å²) in [6.45, 7) is 7.08. The van der Waals surface area contributed by atoms with E-state index in [1.54, 1.807) is 27.7 Å². The first-order valence-corrected chi connectivity index (χ1v) is 5.86. The van der Waals surface area contributed by atoms with Gasteiger partial charge in [-0.05, 0) is 33.3 Å². The predicted octanol–water partition coefficient (Wildman–Crippen LogP) is 3.14. The SMILES string of the molecule is CC(c1ccccc1)N(C=O)C(=O)OC(C)(C)C. The molecule has 0 fully saturated rings. The molecule has 18 heavy (non-hydrogen) atoms. The number of hydrogen-bond donors (Lipinski definition) is 0. The van der Waals surface area contributed by atoms with Crippen LogP contribution < -0.4 is 0 Å². The Morgan fingerprint density at radius 2 is 1.83 bits per heavy atom. The molecule has 4 nitrogen and oxygen atoms in total. The maximum Gasteiger partial charge on any atom is 0.417 e. The number of carbonyl (C=O) groups excluding carboxylic acids is 2. The molecule has 0 saturated heterocycles. The molecule has 2 amide bonds. The van der Waals surface area contributed by atoms with Crippen LogP contribution in [-0.4, -0.2) is 23.0 Å². The Kier molecular flexibility index (Phi) is 4.48. The highest BCUT2D eigenvalue weighted by molar-refractivity contribution is 5.81. The first-order valence-electron chi connectivity index (χ1n) is 5.86. The number of hydrogen-bond acceptors (Lipinski definition) is 3. The number of carbonyl (C=O) groups is 2. The van der Waals surface area contributed by atoms with E-state index in [4.69, 9.17) is 4.74 Å². The highest BCUT2D eigenvalue weighted by Crippen LogP contribution is 2.20. The molecule has 1 aromatic rings. The van der Waals surface area contributed by atoms with Crippen molar-refractivity contribution in [1.29, 1.82) is 0 Å². The second-order valence-electron chi connectivity index (χ2n) is 5.08. The van der Waals surface area contributed by atoms with Crippen LogP contribution in [-0.2, 0) is 9.53 Å². The van der Waals surface area contributed by atoms with Crippen molar-refractivity contribution in [3.05, 3.63) is 35.9 Å². The van der Waals surface area contributed by atoms with E-state index >= 15 is 0 Å². The first kappa shape index (κ1) is 14.2. The van der Waals surface area contributed by atoms with Crippen molar-refractivity contribution in [2.75, 3.05) is 0 Å². The van der Waals surface area contributed by atoms with Gasteiger partial charge in [0.05, 0.1) is 6.04 Å². The fourth-order valence-electron chi connectivity index (χ4n) is 1.50. The largest absolute Gasteiger partial charge is 0.443 e. The van der Waals surface area contributed by atoms with Crippen LogP contribution in [0, 0.1) is 0 Å². The Bertz CT molecular complexity index is 409. The van der Waals surface area contributed by atoms with Gasteiger partial charge in [0.1, 0.15) is 5.60 Å². The summed E-state index contributed by atoms with van der Waals surface area (Å²) in [5.41, 5.74) is 0.268. The van der Waals surface area contributed by atoms with Crippen molar-refractivity contribution in [2.24, 2.45) is 0 Å². The van der Waals surface area contributed by atoms with Crippen LogP contribution in [0.1, 0.15) is 39.3 Å². The number of benzene rings is 1. The van der Waals surface area contributed by atoms with Crippen LogP contribution in [0.5, 0.6) is 0 Å². The maximum absolute atomic E-state index is 11.9. The number of amides is 2. The maximum atomic E-state index is 11.9. The average molecular weight is 249 g/mol. The molecule has 1 aromatic carbocycles. The molecular weight excluding hydrogens is 230 g/mol. The lowest BCUT2D eigenvalue weighted by atomic mass is 10.1. The fraction of sp³-hybridized carbons (Fsp3) is 0.429. The standard InChI is InChI=1S/C14H19NO3/c1-11(12-8-6-5-7-9-12)15(10-16)13(17)18-14(2,3)4/h5-11H,1-4H3. The normalized spacial score (nSPS) is 12.7. The monoisotopic (exact) mass is 249 g/mol. The predicted molar refractivity (Wildman–Crippen MR) is 69.0 cm³/mol. The zero-order chi connectivity index (χ0) is 13.8. The van der Waals surface area contributed by atoms with Crippen molar-refractivity contribution in [2.45, 2.75) is 39.3 Å². The topological polar surface area (TPSA) is 46.6 Å². The zero-order valence-electron chi connectivity index (χ0n) is 11.2. The summed E-state index contributed by atoms with van der Waals surface area (Å²) in [5, 5.41) is 0. The molecule has 98 valence electrons. The second kappa shape index (κ2) is 5.67. The highest BCUT2D eigenvalue weighted by Gasteiger charge is 2.26. The van der Waals surface area contributed by atoms with Gasteiger partial charge in [0.15, 0.2) is 0 Å². The molecule has 0 aliphatic carbocycles. The van der Waals surface area contributed by atoms with Gasteiger partial charge < -0.3 is 4.74 Å². The third-order valence-corrected chi connectivity index (χ3v) is 2.42. The Hall–Kier alpha value is -1.84. The highest BCUT2D eigenvalue weighted by atomic mass is 16.6. The van der Waals surface area contributed by atoms with Crippen LogP contribution in [0.3, 0.4) is 0 Å². The molecule has 1 atom stereocenters. The van der Waals surface area contributed by atoms with E-state index in [1.807, 2.05) is 30.3 Å². The van der Waals surface area contributed by atoms with E-state index in [-0.39, 0.29) is 6.04 Å². The quantitative estimate of drug-likeness (QED) is 0.773. The Morgan fingerprint density at radius 3 is 2.28 bits per heavy atom. The summed E-state index contributed by atoms with van der Waals surface area (Å²) in [6, 6.07) is 9.00. The summed E-state index contributed by atoms with van der Waals surface area (Å²) >= 11 is 0. The number of rotatable bonds is 3. The van der Waals surface area contributed by atoms with E-state index in [2.05, 4.69) is 0 Å². The molecule has 0 radical (unpaired) electrons. The summed E-state index contributed by atoms with van der Waals surface area (Å²) in [6.07, 6.45) is -0.125. The molecular formula is C14H19NO3. The molecule has 0 saturated carbocycles. The van der Waals surface area contributed by atoms with Crippen molar-refractivity contribution >= 4 is 12.5 Å². The molecule has 1 rings (SSSR count). The van der Waals surface area contributed by atoms with E-state index in [0.717, 1.165) is 10.5 Å². The van der Waals surface area contributed by atoms with Gasteiger partial charge in [0.25, 0.3) is 0 Å².